The van der Waals surface area contributed by atoms with Crippen LogP contribution in [0.1, 0.15) is 15.9 Å². The lowest BCUT2D eigenvalue weighted by Crippen LogP contribution is -2.13. The number of amides is 1. The van der Waals surface area contributed by atoms with E-state index in [-0.39, 0.29) is 5.56 Å². The number of nitrogens with one attached hydrogen (secondary N) is 1. The predicted molar refractivity (Wildman–Crippen MR) is 58.1 cm³/mol. The highest BCUT2D eigenvalue weighted by Crippen LogP contribution is 2.31. The fraction of sp³-hybridized carbons (Fsp3) is 0.0833. The molecule has 100 valence electrons. The van der Waals surface area contributed by atoms with Gasteiger partial charge >= 0.3 is 6.18 Å². The Bertz CT molecular complexity index is 590. The molecule has 1 amide bonds. The molecule has 7 heteroatoms. The Morgan fingerprint density at radius 2 is 1.95 bits per heavy atom. The van der Waals surface area contributed by atoms with E-state index in [0.717, 1.165) is 6.26 Å². The lowest BCUT2D eigenvalue weighted by molar-refractivity contribution is -0.137. The number of hydrogen-bond acceptors (Lipinski definition) is 2. The molecule has 19 heavy (non-hydrogen) atoms. The topological polar surface area (TPSA) is 42.2 Å². The maximum absolute atomic E-state index is 13.4. The van der Waals surface area contributed by atoms with Gasteiger partial charge in [0.05, 0.1) is 23.1 Å². The van der Waals surface area contributed by atoms with Crippen molar-refractivity contribution in [2.45, 2.75) is 6.18 Å². The Morgan fingerprint density at radius 3 is 2.53 bits per heavy atom. The minimum absolute atomic E-state index is 0.0804. The second kappa shape index (κ2) is 4.75. The van der Waals surface area contributed by atoms with E-state index in [9.17, 15) is 22.4 Å². The summed E-state index contributed by atoms with van der Waals surface area (Å²) < 4.78 is 55.4. The lowest BCUT2D eigenvalue weighted by atomic mass is 10.2. The molecule has 2 rings (SSSR count). The molecule has 0 unspecified atom stereocenters. The Labute approximate surface area is 104 Å². The summed E-state index contributed by atoms with van der Waals surface area (Å²) in [7, 11) is 0. The first kappa shape index (κ1) is 13.1. The minimum atomic E-state index is -4.61. The number of halogens is 4. The zero-order chi connectivity index (χ0) is 14.0. The molecule has 0 aliphatic heterocycles. The average Bonchev–Trinajstić information content (AvgIpc) is 2.84. The normalized spacial score (nSPS) is 11.4. The van der Waals surface area contributed by atoms with Gasteiger partial charge in [0.15, 0.2) is 0 Å². The van der Waals surface area contributed by atoms with Gasteiger partial charge in [-0.25, -0.2) is 4.39 Å². The van der Waals surface area contributed by atoms with Crippen LogP contribution in [-0.2, 0) is 6.18 Å². The van der Waals surface area contributed by atoms with Crippen LogP contribution in [0.2, 0.25) is 0 Å². The molecule has 1 aromatic heterocycles. The van der Waals surface area contributed by atoms with Gasteiger partial charge in [-0.2, -0.15) is 13.2 Å². The summed E-state index contributed by atoms with van der Waals surface area (Å²) in [5.41, 5.74) is -1.51. The highest BCUT2D eigenvalue weighted by atomic mass is 19.4. The van der Waals surface area contributed by atoms with E-state index in [1.807, 2.05) is 0 Å². The van der Waals surface area contributed by atoms with Crippen molar-refractivity contribution >= 4 is 11.6 Å². The molecule has 0 saturated carbocycles. The smallest absolute Gasteiger partial charge is 0.416 e. The Hall–Kier alpha value is -2.31. The third kappa shape index (κ3) is 2.93. The highest BCUT2D eigenvalue weighted by Gasteiger charge is 2.31. The van der Waals surface area contributed by atoms with Crippen LogP contribution in [0.5, 0.6) is 0 Å². The highest BCUT2D eigenvalue weighted by molar-refractivity contribution is 6.04. The van der Waals surface area contributed by atoms with Crippen LogP contribution < -0.4 is 5.32 Å². The number of hydrogen-bond donors (Lipinski definition) is 1. The van der Waals surface area contributed by atoms with Gasteiger partial charge in [0.25, 0.3) is 5.91 Å². The monoisotopic (exact) mass is 273 g/mol. The SMILES string of the molecule is O=C(Nc1cc(C(F)(F)F)ccc1F)c1ccoc1. The first-order valence-corrected chi connectivity index (χ1v) is 5.08. The summed E-state index contributed by atoms with van der Waals surface area (Å²) in [4.78, 5) is 11.6. The van der Waals surface area contributed by atoms with Crippen LogP contribution in [-0.4, -0.2) is 5.91 Å². The van der Waals surface area contributed by atoms with Crippen LogP contribution >= 0.6 is 0 Å². The molecule has 0 aliphatic carbocycles. The average molecular weight is 273 g/mol. The van der Waals surface area contributed by atoms with E-state index in [1.54, 1.807) is 0 Å². The van der Waals surface area contributed by atoms with Crippen molar-refractivity contribution in [3.05, 3.63) is 53.7 Å². The second-order valence-electron chi connectivity index (χ2n) is 3.66. The summed E-state index contributed by atoms with van der Waals surface area (Å²) in [5.74, 6) is -1.71. The number of carbonyl (C=O) groups excluding carboxylic acids is 1. The number of rotatable bonds is 2. The second-order valence-corrected chi connectivity index (χ2v) is 3.66. The van der Waals surface area contributed by atoms with Gasteiger partial charge in [-0.1, -0.05) is 0 Å². The lowest BCUT2D eigenvalue weighted by Gasteiger charge is -2.10. The Balaban J connectivity index is 2.27. The van der Waals surface area contributed by atoms with Crippen molar-refractivity contribution in [2.24, 2.45) is 0 Å². The minimum Gasteiger partial charge on any atom is -0.472 e. The first-order valence-electron chi connectivity index (χ1n) is 5.08. The van der Waals surface area contributed by atoms with Crippen LogP contribution in [0.15, 0.2) is 41.2 Å². The number of benzene rings is 1. The Morgan fingerprint density at radius 1 is 1.21 bits per heavy atom. The summed E-state index contributed by atoms with van der Waals surface area (Å²) in [6.07, 6.45) is -2.29. The van der Waals surface area contributed by atoms with Gasteiger partial charge in [-0.3, -0.25) is 4.79 Å². The van der Waals surface area contributed by atoms with E-state index < -0.39 is 29.2 Å². The summed E-state index contributed by atoms with van der Waals surface area (Å²) in [5, 5.41) is 2.05. The van der Waals surface area contributed by atoms with Gasteiger partial charge in [0.2, 0.25) is 0 Å². The van der Waals surface area contributed by atoms with Crippen LogP contribution in [0, 0.1) is 5.82 Å². The van der Waals surface area contributed by atoms with Crippen molar-refractivity contribution in [1.29, 1.82) is 0 Å². The van der Waals surface area contributed by atoms with Gasteiger partial charge < -0.3 is 9.73 Å². The van der Waals surface area contributed by atoms with Crippen LogP contribution in [0.4, 0.5) is 23.2 Å². The van der Waals surface area contributed by atoms with Crippen LogP contribution in [0.3, 0.4) is 0 Å². The van der Waals surface area contributed by atoms with E-state index in [0.29, 0.717) is 18.2 Å². The summed E-state index contributed by atoms with van der Waals surface area (Å²) in [6, 6.07) is 3.09. The number of carbonyl (C=O) groups is 1. The Kier molecular flexibility index (Phi) is 3.28. The molecule has 3 nitrogen and oxygen atoms in total. The van der Waals surface area contributed by atoms with Gasteiger partial charge in [-0.05, 0) is 24.3 Å². The fourth-order valence-electron chi connectivity index (χ4n) is 1.39. The maximum Gasteiger partial charge on any atom is 0.416 e. The van der Waals surface area contributed by atoms with E-state index in [4.69, 9.17) is 0 Å². The number of furan rings is 1. The largest absolute Gasteiger partial charge is 0.472 e. The third-order valence-electron chi connectivity index (χ3n) is 2.33. The zero-order valence-electron chi connectivity index (χ0n) is 9.29. The molecule has 1 N–H and O–H groups in total. The summed E-state index contributed by atoms with van der Waals surface area (Å²) >= 11 is 0. The molecule has 2 aromatic rings. The zero-order valence-corrected chi connectivity index (χ0v) is 9.29. The summed E-state index contributed by atoms with van der Waals surface area (Å²) in [6.45, 7) is 0. The van der Waals surface area contributed by atoms with Crippen molar-refractivity contribution in [1.82, 2.24) is 0 Å². The molecule has 0 atom stereocenters. The quantitative estimate of drug-likeness (QED) is 0.848. The van der Waals surface area contributed by atoms with Gasteiger partial charge in [0.1, 0.15) is 12.1 Å². The molecular formula is C12H7F4NO2. The predicted octanol–water partition coefficient (Wildman–Crippen LogP) is 3.69. The van der Waals surface area contributed by atoms with E-state index in [1.165, 1.54) is 12.3 Å². The number of anilines is 1. The molecule has 0 aliphatic rings. The van der Waals surface area contributed by atoms with Crippen molar-refractivity contribution in [3.8, 4) is 0 Å². The third-order valence-corrected chi connectivity index (χ3v) is 2.33. The molecule has 1 aromatic carbocycles. The molecular weight excluding hydrogens is 266 g/mol. The molecule has 1 heterocycles. The molecule has 0 radical (unpaired) electrons. The van der Waals surface area contributed by atoms with Crippen molar-refractivity contribution < 1.29 is 26.8 Å². The molecule has 0 fully saturated rings. The number of alkyl halides is 3. The first-order chi connectivity index (χ1) is 8.88. The molecule has 0 bridgehead atoms. The maximum atomic E-state index is 13.4. The van der Waals surface area contributed by atoms with Crippen molar-refractivity contribution in [3.63, 3.8) is 0 Å². The standard InChI is InChI=1S/C12H7F4NO2/c13-9-2-1-8(12(14,15)16)5-10(9)17-11(18)7-3-4-19-6-7/h1-6H,(H,17,18). The van der Waals surface area contributed by atoms with Gasteiger partial charge in [0, 0.05) is 0 Å². The van der Waals surface area contributed by atoms with Gasteiger partial charge in [-0.15, -0.1) is 0 Å². The van der Waals surface area contributed by atoms with Crippen LogP contribution in [0.25, 0.3) is 0 Å². The fourth-order valence-corrected chi connectivity index (χ4v) is 1.39. The molecule has 0 saturated heterocycles. The molecule has 0 spiro atoms. The van der Waals surface area contributed by atoms with E-state index in [2.05, 4.69) is 9.73 Å². The van der Waals surface area contributed by atoms with Crippen molar-refractivity contribution in [2.75, 3.05) is 5.32 Å². The van der Waals surface area contributed by atoms with E-state index >= 15 is 0 Å².